The number of hydrogen-bond donors (Lipinski definition) is 0. The number of benzene rings is 2. The Kier molecular flexibility index (Phi) is 6.97. The molecule has 0 radical (unpaired) electrons. The van der Waals surface area contributed by atoms with Crippen LogP contribution in [0, 0.1) is 0 Å². The maximum absolute atomic E-state index is 13.2. The van der Waals surface area contributed by atoms with Gasteiger partial charge in [0.2, 0.25) is 0 Å². The van der Waals surface area contributed by atoms with Gasteiger partial charge in [0, 0.05) is 0 Å². The van der Waals surface area contributed by atoms with Gasteiger partial charge < -0.3 is 9.47 Å². The molecule has 0 heterocycles. The minimum absolute atomic E-state index is 0.0282. The largest absolute Gasteiger partial charge is 0.495 e. The zero-order valence-electron chi connectivity index (χ0n) is 15.0. The summed E-state index contributed by atoms with van der Waals surface area (Å²) in [6.07, 6.45) is 0.796. The van der Waals surface area contributed by atoms with Crippen LogP contribution >= 0.6 is 23.2 Å². The number of sulfonamides is 1. The molecule has 0 saturated carbocycles. The van der Waals surface area contributed by atoms with Crippen LogP contribution in [-0.2, 0) is 26.0 Å². The first-order valence-electron chi connectivity index (χ1n) is 7.96. The van der Waals surface area contributed by atoms with Gasteiger partial charge in [-0.3, -0.25) is 9.10 Å². The van der Waals surface area contributed by atoms with Gasteiger partial charge in [0.15, 0.2) is 0 Å². The Morgan fingerprint density at radius 3 is 2.19 bits per heavy atom. The third kappa shape index (κ3) is 4.48. The summed E-state index contributed by atoms with van der Waals surface area (Å²) in [5, 5.41) is -0.212. The molecule has 0 unspecified atom stereocenters. The van der Waals surface area contributed by atoms with Crippen molar-refractivity contribution in [3.63, 3.8) is 0 Å². The highest BCUT2D eigenvalue weighted by atomic mass is 35.5. The lowest BCUT2D eigenvalue weighted by Gasteiger charge is -2.24. The van der Waals surface area contributed by atoms with E-state index in [4.69, 9.17) is 27.9 Å². The van der Waals surface area contributed by atoms with Crippen molar-refractivity contribution in [3.05, 3.63) is 52.0 Å². The van der Waals surface area contributed by atoms with Crippen LogP contribution in [0.5, 0.6) is 5.75 Å². The molecule has 146 valence electrons. The molecular weight excluding hydrogens is 413 g/mol. The highest BCUT2D eigenvalue weighted by Crippen LogP contribution is 2.38. The van der Waals surface area contributed by atoms with Gasteiger partial charge >= 0.3 is 5.97 Å². The number of hydrogen-bond acceptors (Lipinski definition) is 5. The smallest absolute Gasteiger partial charge is 0.326 e. The summed E-state index contributed by atoms with van der Waals surface area (Å²) in [6.45, 7) is 1.47. The van der Waals surface area contributed by atoms with Crippen molar-refractivity contribution in [1.82, 2.24) is 0 Å². The highest BCUT2D eigenvalue weighted by molar-refractivity contribution is 7.93. The number of rotatable bonds is 7. The Bertz CT molecular complexity index is 930. The predicted molar refractivity (Wildman–Crippen MR) is 105 cm³/mol. The minimum atomic E-state index is -4.20. The lowest BCUT2D eigenvalue weighted by Crippen LogP contribution is -2.36. The topological polar surface area (TPSA) is 72.9 Å². The Morgan fingerprint density at radius 1 is 1.04 bits per heavy atom. The van der Waals surface area contributed by atoms with Crippen molar-refractivity contribution in [3.8, 4) is 5.75 Å². The number of carbonyl (C=O) groups is 1. The van der Waals surface area contributed by atoms with Crippen LogP contribution in [0.4, 0.5) is 5.69 Å². The molecule has 0 aromatic heterocycles. The van der Waals surface area contributed by atoms with Crippen LogP contribution in [0.15, 0.2) is 41.3 Å². The van der Waals surface area contributed by atoms with E-state index in [2.05, 4.69) is 4.74 Å². The van der Waals surface area contributed by atoms with Crippen LogP contribution in [0.3, 0.4) is 0 Å². The number of halogens is 2. The van der Waals surface area contributed by atoms with Gasteiger partial charge in [-0.15, -0.1) is 0 Å². The predicted octanol–water partition coefficient (Wildman–Crippen LogP) is 3.93. The van der Waals surface area contributed by atoms with Crippen molar-refractivity contribution in [2.24, 2.45) is 0 Å². The molecule has 2 rings (SSSR count). The average molecular weight is 432 g/mol. The summed E-state index contributed by atoms with van der Waals surface area (Å²) in [5.74, 6) is -0.471. The molecule has 0 saturated heterocycles. The van der Waals surface area contributed by atoms with E-state index in [9.17, 15) is 13.2 Å². The molecule has 9 heteroatoms. The highest BCUT2D eigenvalue weighted by Gasteiger charge is 2.31. The zero-order valence-corrected chi connectivity index (χ0v) is 17.4. The fourth-order valence-corrected chi connectivity index (χ4v) is 4.61. The third-order valence-corrected chi connectivity index (χ3v) is 6.73. The second kappa shape index (κ2) is 8.82. The van der Waals surface area contributed by atoms with Crippen LogP contribution < -0.4 is 9.04 Å². The number of nitrogens with zero attached hydrogens (tertiary/aromatic N) is 1. The quantitative estimate of drug-likeness (QED) is 0.620. The van der Waals surface area contributed by atoms with E-state index < -0.39 is 22.5 Å². The van der Waals surface area contributed by atoms with Crippen LogP contribution in [0.2, 0.25) is 10.0 Å². The van der Waals surface area contributed by atoms with E-state index in [1.807, 2.05) is 6.92 Å². The van der Waals surface area contributed by atoms with Gasteiger partial charge in [-0.2, -0.15) is 0 Å². The Labute approximate surface area is 168 Å². The van der Waals surface area contributed by atoms with Gasteiger partial charge in [0.05, 0.1) is 24.9 Å². The number of methoxy groups -OCH3 is 2. The fourth-order valence-electron chi connectivity index (χ4n) is 2.38. The van der Waals surface area contributed by atoms with Crippen LogP contribution in [-0.4, -0.2) is 35.2 Å². The maximum Gasteiger partial charge on any atom is 0.326 e. The van der Waals surface area contributed by atoms with Crippen molar-refractivity contribution in [1.29, 1.82) is 0 Å². The van der Waals surface area contributed by atoms with Gasteiger partial charge in [-0.25, -0.2) is 8.42 Å². The molecule has 2 aromatic carbocycles. The number of anilines is 1. The van der Waals surface area contributed by atoms with Crippen molar-refractivity contribution >= 4 is 44.9 Å². The lowest BCUT2D eigenvalue weighted by atomic mass is 10.1. The number of esters is 1. The lowest BCUT2D eigenvalue weighted by molar-refractivity contribution is -0.138. The van der Waals surface area contributed by atoms with Crippen molar-refractivity contribution < 1.29 is 22.7 Å². The zero-order chi connectivity index (χ0) is 20.2. The Balaban J connectivity index is 2.59. The molecule has 0 amide bonds. The molecule has 0 aliphatic heterocycles. The average Bonchev–Trinajstić information content (AvgIpc) is 2.67. The molecule has 0 atom stereocenters. The van der Waals surface area contributed by atoms with E-state index in [-0.39, 0.29) is 20.7 Å². The minimum Gasteiger partial charge on any atom is -0.495 e. The van der Waals surface area contributed by atoms with E-state index in [1.165, 1.54) is 26.4 Å². The standard InChI is InChI=1S/C18H19Cl2NO5S/c1-4-12-5-7-13(8-6-12)21(11-16(22)26-3)27(23,24)15-10-9-14(25-2)17(19)18(15)20/h5-10H,4,11H2,1-3H3. The van der Waals surface area contributed by atoms with Crippen LogP contribution in [0.25, 0.3) is 0 Å². The molecule has 2 aromatic rings. The Hall–Kier alpha value is -1.96. The van der Waals surface area contributed by atoms with Gasteiger partial charge in [0.25, 0.3) is 10.0 Å². The van der Waals surface area contributed by atoms with E-state index in [1.54, 1.807) is 24.3 Å². The maximum atomic E-state index is 13.2. The summed E-state index contributed by atoms with van der Waals surface area (Å²) < 4.78 is 37.1. The molecule has 0 spiro atoms. The summed E-state index contributed by atoms with van der Waals surface area (Å²) in [6, 6.07) is 9.51. The molecular formula is C18H19Cl2NO5S. The van der Waals surface area contributed by atoms with Gasteiger partial charge in [0.1, 0.15) is 22.2 Å². The molecule has 6 nitrogen and oxygen atoms in total. The van der Waals surface area contributed by atoms with E-state index >= 15 is 0 Å². The van der Waals surface area contributed by atoms with E-state index in [0.717, 1.165) is 16.3 Å². The second-order valence-corrected chi connectivity index (χ2v) is 8.09. The number of aryl methyl sites for hydroxylation is 1. The first-order valence-corrected chi connectivity index (χ1v) is 10.2. The SMILES string of the molecule is CCc1ccc(N(CC(=O)OC)S(=O)(=O)c2ccc(OC)c(Cl)c2Cl)cc1. The number of ether oxygens (including phenoxy) is 2. The third-order valence-electron chi connectivity index (χ3n) is 3.93. The van der Waals surface area contributed by atoms with Gasteiger partial charge in [-0.1, -0.05) is 42.3 Å². The first kappa shape index (κ1) is 21.3. The van der Waals surface area contributed by atoms with Crippen molar-refractivity contribution in [2.45, 2.75) is 18.2 Å². The molecule has 0 N–H and O–H groups in total. The molecule has 0 bridgehead atoms. The summed E-state index contributed by atoms with van der Waals surface area (Å²) in [7, 11) is -1.62. The van der Waals surface area contributed by atoms with E-state index in [0.29, 0.717) is 5.69 Å². The molecule has 0 aliphatic rings. The monoisotopic (exact) mass is 431 g/mol. The molecule has 0 fully saturated rings. The molecule has 0 aliphatic carbocycles. The first-order chi connectivity index (χ1) is 12.8. The summed E-state index contributed by atoms with van der Waals surface area (Å²) >= 11 is 12.3. The second-order valence-electron chi connectivity index (χ2n) is 5.50. The Morgan fingerprint density at radius 2 is 1.67 bits per heavy atom. The summed E-state index contributed by atoms with van der Waals surface area (Å²) in [5.41, 5.74) is 1.33. The normalized spacial score (nSPS) is 11.1. The fraction of sp³-hybridized carbons (Fsp3) is 0.278. The summed E-state index contributed by atoms with van der Waals surface area (Å²) in [4.78, 5) is 11.6. The van der Waals surface area contributed by atoms with Crippen LogP contribution in [0.1, 0.15) is 12.5 Å². The number of carbonyl (C=O) groups excluding carboxylic acids is 1. The van der Waals surface area contributed by atoms with Gasteiger partial charge in [-0.05, 0) is 36.2 Å². The van der Waals surface area contributed by atoms with Crippen molar-refractivity contribution in [2.75, 3.05) is 25.1 Å². The molecule has 27 heavy (non-hydrogen) atoms.